The van der Waals surface area contributed by atoms with Crippen molar-refractivity contribution < 1.29 is 13.9 Å². The summed E-state index contributed by atoms with van der Waals surface area (Å²) in [6.07, 6.45) is 4.29. The molecule has 6 heteroatoms. The first-order valence-corrected chi connectivity index (χ1v) is 11.8. The Morgan fingerprint density at radius 1 is 1.09 bits per heavy atom. The maximum absolute atomic E-state index is 13.1. The van der Waals surface area contributed by atoms with Crippen molar-refractivity contribution in [3.8, 4) is 5.75 Å². The van der Waals surface area contributed by atoms with E-state index in [-0.39, 0.29) is 11.9 Å². The van der Waals surface area contributed by atoms with E-state index in [1.165, 1.54) is 5.56 Å². The first kappa shape index (κ1) is 23.4. The van der Waals surface area contributed by atoms with Crippen LogP contribution >= 0.6 is 11.6 Å². The Bertz CT molecular complexity index is 1050. The van der Waals surface area contributed by atoms with Gasteiger partial charge < -0.3 is 14.1 Å². The highest BCUT2D eigenvalue weighted by Gasteiger charge is 2.33. The van der Waals surface area contributed by atoms with E-state index < -0.39 is 0 Å². The van der Waals surface area contributed by atoms with E-state index in [0.717, 1.165) is 55.2 Å². The van der Waals surface area contributed by atoms with Crippen molar-refractivity contribution in [3.63, 3.8) is 0 Å². The molecule has 3 aromatic rings. The Morgan fingerprint density at radius 3 is 2.45 bits per heavy atom. The van der Waals surface area contributed by atoms with Crippen molar-refractivity contribution in [2.45, 2.75) is 31.8 Å². The molecule has 0 unspecified atom stereocenters. The van der Waals surface area contributed by atoms with E-state index in [1.54, 1.807) is 25.5 Å². The summed E-state index contributed by atoms with van der Waals surface area (Å²) in [5.41, 5.74) is 2.27. The number of hydrogen-bond acceptors (Lipinski definition) is 4. The lowest BCUT2D eigenvalue weighted by atomic mass is 9.84. The lowest BCUT2D eigenvalue weighted by molar-refractivity contribution is 0.0555. The molecule has 2 aromatic carbocycles. The third-order valence-electron chi connectivity index (χ3n) is 6.70. The molecule has 0 saturated carbocycles. The molecule has 1 amide bonds. The summed E-state index contributed by atoms with van der Waals surface area (Å²) < 4.78 is 10.9. The van der Waals surface area contributed by atoms with Gasteiger partial charge in [-0.25, -0.2) is 0 Å². The number of carbonyl (C=O) groups is 1. The van der Waals surface area contributed by atoms with Crippen LogP contribution < -0.4 is 4.74 Å². The zero-order valence-electron chi connectivity index (χ0n) is 19.2. The number of piperidine rings is 1. The van der Waals surface area contributed by atoms with Gasteiger partial charge in [-0.3, -0.25) is 9.69 Å². The number of para-hydroxylation sites is 1. The van der Waals surface area contributed by atoms with Crippen LogP contribution in [-0.4, -0.2) is 49.0 Å². The molecular weight excluding hydrogens is 436 g/mol. The van der Waals surface area contributed by atoms with Crippen molar-refractivity contribution >= 4 is 17.5 Å². The predicted octanol–water partition coefficient (Wildman–Crippen LogP) is 5.54. The van der Waals surface area contributed by atoms with Crippen LogP contribution in [0, 0.1) is 5.92 Å². The van der Waals surface area contributed by atoms with E-state index in [4.69, 9.17) is 20.8 Å². The molecule has 1 aliphatic rings. The first-order valence-electron chi connectivity index (χ1n) is 11.4. The summed E-state index contributed by atoms with van der Waals surface area (Å²) >= 11 is 6.49. The summed E-state index contributed by atoms with van der Waals surface area (Å²) in [5, 5.41) is 0.745. The van der Waals surface area contributed by atoms with E-state index in [2.05, 4.69) is 23.1 Å². The monoisotopic (exact) mass is 466 g/mol. The van der Waals surface area contributed by atoms with Gasteiger partial charge in [0.2, 0.25) is 0 Å². The van der Waals surface area contributed by atoms with Crippen LogP contribution in [0.2, 0.25) is 5.02 Å². The number of ether oxygens (including phenoxy) is 1. The van der Waals surface area contributed by atoms with Crippen LogP contribution in [0.3, 0.4) is 0 Å². The van der Waals surface area contributed by atoms with E-state index in [9.17, 15) is 4.79 Å². The van der Waals surface area contributed by atoms with Crippen LogP contribution in [0.4, 0.5) is 0 Å². The number of likely N-dealkylation sites (N-methyl/N-ethyl adjacent to an activating group) is 1. The molecule has 1 saturated heterocycles. The number of furan rings is 1. The Kier molecular flexibility index (Phi) is 7.73. The molecule has 1 atom stereocenters. The Hall–Kier alpha value is -2.76. The summed E-state index contributed by atoms with van der Waals surface area (Å²) in [7, 11) is 3.60. The largest absolute Gasteiger partial charge is 0.496 e. The SMILES string of the molecule is COc1ccccc1CN1CCC([C@@H](Cc2ccccc2Cl)N(C)C(=O)c2ccco2)CC1. The molecule has 33 heavy (non-hydrogen) atoms. The zero-order valence-corrected chi connectivity index (χ0v) is 20.0. The molecule has 2 heterocycles. The third-order valence-corrected chi connectivity index (χ3v) is 7.07. The van der Waals surface area contributed by atoms with E-state index >= 15 is 0 Å². The summed E-state index contributed by atoms with van der Waals surface area (Å²) in [6, 6.07) is 19.6. The minimum absolute atomic E-state index is 0.0379. The lowest BCUT2D eigenvalue weighted by Crippen LogP contribution is -2.47. The van der Waals surface area contributed by atoms with Crippen molar-refractivity contribution in [1.82, 2.24) is 9.80 Å². The number of amides is 1. The number of methoxy groups -OCH3 is 1. The van der Waals surface area contributed by atoms with Gasteiger partial charge in [-0.05, 0) is 68.1 Å². The third kappa shape index (κ3) is 5.60. The van der Waals surface area contributed by atoms with Crippen LogP contribution in [0.15, 0.2) is 71.3 Å². The van der Waals surface area contributed by atoms with Gasteiger partial charge in [0.05, 0.1) is 13.4 Å². The van der Waals surface area contributed by atoms with Gasteiger partial charge in [0.1, 0.15) is 5.75 Å². The fourth-order valence-electron chi connectivity index (χ4n) is 4.80. The van der Waals surface area contributed by atoms with Crippen LogP contribution in [0.1, 0.15) is 34.5 Å². The van der Waals surface area contributed by atoms with Gasteiger partial charge in [-0.1, -0.05) is 48.0 Å². The minimum Gasteiger partial charge on any atom is -0.496 e. The molecule has 4 rings (SSSR count). The zero-order chi connectivity index (χ0) is 23.2. The van der Waals surface area contributed by atoms with Gasteiger partial charge in [0.25, 0.3) is 5.91 Å². The maximum atomic E-state index is 13.1. The van der Waals surface area contributed by atoms with Crippen molar-refractivity contribution in [2.24, 2.45) is 5.92 Å². The molecule has 0 radical (unpaired) electrons. The second kappa shape index (κ2) is 10.9. The molecule has 0 bridgehead atoms. The highest BCUT2D eigenvalue weighted by molar-refractivity contribution is 6.31. The lowest BCUT2D eigenvalue weighted by Gasteiger charge is -2.40. The van der Waals surface area contributed by atoms with Crippen molar-refractivity contribution in [2.75, 3.05) is 27.2 Å². The Labute approximate surface area is 200 Å². The molecule has 174 valence electrons. The van der Waals surface area contributed by atoms with Gasteiger partial charge >= 0.3 is 0 Å². The second-order valence-electron chi connectivity index (χ2n) is 8.68. The number of rotatable bonds is 8. The number of likely N-dealkylation sites (tertiary alicyclic amines) is 1. The fourth-order valence-corrected chi connectivity index (χ4v) is 5.02. The number of nitrogens with zero attached hydrogens (tertiary/aromatic N) is 2. The molecular formula is C27H31ClN2O3. The van der Waals surface area contributed by atoms with Gasteiger partial charge in [0.15, 0.2) is 5.76 Å². The van der Waals surface area contributed by atoms with E-state index in [1.807, 2.05) is 42.3 Å². The van der Waals surface area contributed by atoms with Gasteiger partial charge in [-0.15, -0.1) is 0 Å². The summed E-state index contributed by atoms with van der Waals surface area (Å²) in [6.45, 7) is 2.82. The minimum atomic E-state index is -0.0893. The molecule has 0 N–H and O–H groups in total. The van der Waals surface area contributed by atoms with Gasteiger partial charge in [-0.2, -0.15) is 0 Å². The second-order valence-corrected chi connectivity index (χ2v) is 9.09. The first-order chi connectivity index (χ1) is 16.1. The Balaban J connectivity index is 1.48. The van der Waals surface area contributed by atoms with E-state index in [0.29, 0.717) is 11.7 Å². The fraction of sp³-hybridized carbons (Fsp3) is 0.370. The normalized spacial score (nSPS) is 15.8. The highest BCUT2D eigenvalue weighted by Crippen LogP contribution is 2.30. The molecule has 0 spiro atoms. The summed E-state index contributed by atoms with van der Waals surface area (Å²) in [4.78, 5) is 17.4. The number of benzene rings is 2. The number of halogens is 1. The standard InChI is InChI=1S/C27H31ClN2O3/c1-29(27(31)26-12-7-17-33-26)24(18-21-8-3-5-10-23(21)28)20-13-15-30(16-14-20)19-22-9-4-6-11-25(22)32-2/h3-12,17,20,24H,13-16,18-19H2,1-2H3/t24-/m1/s1. The molecule has 0 aliphatic carbocycles. The van der Waals surface area contributed by atoms with Crippen LogP contribution in [0.25, 0.3) is 0 Å². The smallest absolute Gasteiger partial charge is 0.289 e. The topological polar surface area (TPSA) is 45.9 Å². The van der Waals surface area contributed by atoms with Crippen molar-refractivity contribution in [3.05, 3.63) is 88.8 Å². The average molecular weight is 467 g/mol. The molecule has 1 aromatic heterocycles. The number of hydrogen-bond donors (Lipinski definition) is 0. The predicted molar refractivity (Wildman–Crippen MR) is 131 cm³/mol. The summed E-state index contributed by atoms with van der Waals surface area (Å²) in [5.74, 6) is 1.59. The van der Waals surface area contributed by atoms with Crippen LogP contribution in [-0.2, 0) is 13.0 Å². The highest BCUT2D eigenvalue weighted by atomic mass is 35.5. The molecule has 1 fully saturated rings. The Morgan fingerprint density at radius 2 is 1.79 bits per heavy atom. The van der Waals surface area contributed by atoms with Crippen molar-refractivity contribution in [1.29, 1.82) is 0 Å². The van der Waals surface area contributed by atoms with Gasteiger partial charge in [0, 0.05) is 30.2 Å². The molecule has 1 aliphatic heterocycles. The average Bonchev–Trinajstić information content (AvgIpc) is 3.39. The number of carbonyl (C=O) groups excluding carboxylic acids is 1. The quantitative estimate of drug-likeness (QED) is 0.437. The van der Waals surface area contributed by atoms with Crippen LogP contribution in [0.5, 0.6) is 5.75 Å². The maximum Gasteiger partial charge on any atom is 0.289 e. The molecule has 5 nitrogen and oxygen atoms in total.